The van der Waals surface area contributed by atoms with Crippen molar-refractivity contribution in [2.45, 2.75) is 86.0 Å². The molecule has 150 valence electrons. The molecule has 0 aliphatic carbocycles. The van der Waals surface area contributed by atoms with E-state index in [9.17, 15) is 4.39 Å². The normalized spacial score (nSPS) is 13.2. The molecule has 0 atom stereocenters. The van der Waals surface area contributed by atoms with Gasteiger partial charge in [0.25, 0.3) is 6.01 Å². The molecule has 2 heteroatoms. The number of halogens is 1. The summed E-state index contributed by atoms with van der Waals surface area (Å²) in [5.74, 6) is 0. The summed E-state index contributed by atoms with van der Waals surface area (Å²) in [6.07, 6.45) is 19.0. The minimum absolute atomic E-state index is 0.444. The van der Waals surface area contributed by atoms with Gasteiger partial charge in [0.2, 0.25) is 0 Å². The molecule has 0 unspecified atom stereocenters. The SMILES string of the molecule is CC(C)=CCC/C(C)=C/CC/C(C)=C/CC/C(C)=C/CCc1ccoc1F. The Hall–Kier alpha value is -1.83. The number of allylic oxidation sites excluding steroid dienone is 8. The fourth-order valence-corrected chi connectivity index (χ4v) is 2.96. The first kappa shape index (κ1) is 23.2. The quantitative estimate of drug-likeness (QED) is 0.335. The first-order valence-electron chi connectivity index (χ1n) is 10.2. The van der Waals surface area contributed by atoms with Crippen LogP contribution in [0.3, 0.4) is 0 Å². The van der Waals surface area contributed by atoms with Gasteiger partial charge in [-0.2, -0.15) is 4.39 Å². The second kappa shape index (κ2) is 13.4. The molecule has 0 amide bonds. The fourth-order valence-electron chi connectivity index (χ4n) is 2.96. The molecular weight excluding hydrogens is 335 g/mol. The highest BCUT2D eigenvalue weighted by molar-refractivity contribution is 5.11. The molecule has 27 heavy (non-hydrogen) atoms. The van der Waals surface area contributed by atoms with Crippen LogP contribution in [0.5, 0.6) is 0 Å². The number of hydrogen-bond acceptors (Lipinski definition) is 1. The number of furan rings is 1. The van der Waals surface area contributed by atoms with E-state index in [1.54, 1.807) is 6.07 Å². The van der Waals surface area contributed by atoms with Crippen LogP contribution in [0.15, 0.2) is 63.3 Å². The van der Waals surface area contributed by atoms with Gasteiger partial charge in [-0.3, -0.25) is 0 Å². The van der Waals surface area contributed by atoms with Gasteiger partial charge in [0.1, 0.15) is 0 Å². The van der Waals surface area contributed by atoms with Gasteiger partial charge in [-0.15, -0.1) is 0 Å². The minimum Gasteiger partial charge on any atom is -0.439 e. The molecule has 0 spiro atoms. The summed E-state index contributed by atoms with van der Waals surface area (Å²) in [6.45, 7) is 10.9. The zero-order chi connectivity index (χ0) is 20.1. The number of rotatable bonds is 12. The van der Waals surface area contributed by atoms with Crippen molar-refractivity contribution in [2.24, 2.45) is 0 Å². The van der Waals surface area contributed by atoms with Crippen LogP contribution in [0.2, 0.25) is 0 Å². The maximum absolute atomic E-state index is 13.2. The van der Waals surface area contributed by atoms with E-state index in [0.29, 0.717) is 12.0 Å². The van der Waals surface area contributed by atoms with Crippen LogP contribution in [-0.2, 0) is 6.42 Å². The molecule has 1 nitrogen and oxygen atoms in total. The summed E-state index contributed by atoms with van der Waals surface area (Å²) in [5, 5.41) is 0. The Kier molecular flexibility index (Phi) is 11.5. The topological polar surface area (TPSA) is 13.1 Å². The van der Waals surface area contributed by atoms with Gasteiger partial charge < -0.3 is 4.42 Å². The standard InChI is InChI=1S/C25H37FO/c1-20(2)10-6-11-21(3)12-7-13-22(4)14-8-15-23(5)16-9-17-24-18-19-27-25(24)26/h10,12,14,16,18-19H,6-9,11,13,15,17H2,1-5H3/b21-12+,22-14+,23-16+. The average Bonchev–Trinajstić information content (AvgIpc) is 2.99. The van der Waals surface area contributed by atoms with E-state index < -0.39 is 6.01 Å². The highest BCUT2D eigenvalue weighted by Crippen LogP contribution is 2.15. The first-order chi connectivity index (χ1) is 12.9. The Balaban J connectivity index is 2.22. The predicted molar refractivity (Wildman–Crippen MR) is 115 cm³/mol. The molecule has 0 aliphatic rings. The third-order valence-corrected chi connectivity index (χ3v) is 4.75. The molecule has 0 saturated heterocycles. The Labute approximate surface area is 165 Å². The maximum atomic E-state index is 13.2. The smallest absolute Gasteiger partial charge is 0.280 e. The Morgan fingerprint density at radius 2 is 1.26 bits per heavy atom. The average molecular weight is 373 g/mol. The third-order valence-electron chi connectivity index (χ3n) is 4.75. The summed E-state index contributed by atoms with van der Waals surface area (Å²) in [5.41, 5.74) is 6.40. The monoisotopic (exact) mass is 372 g/mol. The second-order valence-corrected chi connectivity index (χ2v) is 7.81. The number of aryl methyl sites for hydroxylation is 1. The molecule has 0 saturated carbocycles. The van der Waals surface area contributed by atoms with Crippen molar-refractivity contribution in [1.82, 2.24) is 0 Å². The second-order valence-electron chi connectivity index (χ2n) is 7.81. The van der Waals surface area contributed by atoms with E-state index in [0.717, 1.165) is 38.5 Å². The van der Waals surface area contributed by atoms with Gasteiger partial charge in [0.15, 0.2) is 0 Å². The van der Waals surface area contributed by atoms with E-state index in [2.05, 4.69) is 63.3 Å². The van der Waals surface area contributed by atoms with Crippen LogP contribution in [0.1, 0.15) is 85.1 Å². The lowest BCUT2D eigenvalue weighted by Gasteiger charge is -2.03. The van der Waals surface area contributed by atoms with Crippen LogP contribution < -0.4 is 0 Å². The van der Waals surface area contributed by atoms with Crippen molar-refractivity contribution >= 4 is 0 Å². The minimum atomic E-state index is -0.444. The van der Waals surface area contributed by atoms with E-state index in [-0.39, 0.29) is 0 Å². The maximum Gasteiger partial charge on any atom is 0.280 e. The van der Waals surface area contributed by atoms with Crippen molar-refractivity contribution in [3.8, 4) is 0 Å². The molecule has 0 aromatic carbocycles. The highest BCUT2D eigenvalue weighted by atomic mass is 19.1. The summed E-state index contributed by atoms with van der Waals surface area (Å²) < 4.78 is 17.9. The van der Waals surface area contributed by atoms with E-state index >= 15 is 0 Å². The van der Waals surface area contributed by atoms with Crippen molar-refractivity contribution in [3.05, 3.63) is 70.5 Å². The van der Waals surface area contributed by atoms with Crippen molar-refractivity contribution in [2.75, 3.05) is 0 Å². The lowest BCUT2D eigenvalue weighted by atomic mass is 10.0. The van der Waals surface area contributed by atoms with Gasteiger partial charge in [-0.25, -0.2) is 0 Å². The molecule has 1 heterocycles. The molecular formula is C25H37FO. The van der Waals surface area contributed by atoms with Crippen LogP contribution in [0, 0.1) is 6.01 Å². The molecule has 0 radical (unpaired) electrons. The summed E-state index contributed by atoms with van der Waals surface area (Å²) in [4.78, 5) is 0. The molecule has 0 bridgehead atoms. The molecule has 0 fully saturated rings. The fraction of sp³-hybridized carbons (Fsp3) is 0.520. The summed E-state index contributed by atoms with van der Waals surface area (Å²) >= 11 is 0. The van der Waals surface area contributed by atoms with E-state index in [4.69, 9.17) is 0 Å². The Morgan fingerprint density at radius 1 is 0.778 bits per heavy atom. The molecule has 1 aromatic heterocycles. The van der Waals surface area contributed by atoms with Crippen molar-refractivity contribution in [1.29, 1.82) is 0 Å². The predicted octanol–water partition coefficient (Wildman–Crippen LogP) is 8.50. The van der Waals surface area contributed by atoms with Gasteiger partial charge in [-0.1, -0.05) is 46.6 Å². The molecule has 1 rings (SSSR count). The molecule has 1 aromatic rings. The van der Waals surface area contributed by atoms with E-state index in [1.807, 2.05) is 0 Å². The number of hydrogen-bond donors (Lipinski definition) is 0. The van der Waals surface area contributed by atoms with Crippen molar-refractivity contribution < 1.29 is 8.81 Å². The van der Waals surface area contributed by atoms with Gasteiger partial charge in [0.05, 0.1) is 6.26 Å². The Bertz CT molecular complexity index is 666. The van der Waals surface area contributed by atoms with Crippen molar-refractivity contribution in [3.63, 3.8) is 0 Å². The highest BCUT2D eigenvalue weighted by Gasteiger charge is 2.03. The summed E-state index contributed by atoms with van der Waals surface area (Å²) in [7, 11) is 0. The largest absolute Gasteiger partial charge is 0.439 e. The lowest BCUT2D eigenvalue weighted by Crippen LogP contribution is -1.85. The van der Waals surface area contributed by atoms with Crippen LogP contribution in [0.4, 0.5) is 4.39 Å². The van der Waals surface area contributed by atoms with Crippen LogP contribution in [-0.4, -0.2) is 0 Å². The Morgan fingerprint density at radius 3 is 1.70 bits per heavy atom. The van der Waals surface area contributed by atoms with E-state index in [1.165, 1.54) is 35.0 Å². The van der Waals surface area contributed by atoms with Crippen LogP contribution in [0.25, 0.3) is 0 Å². The first-order valence-corrected chi connectivity index (χ1v) is 10.2. The lowest BCUT2D eigenvalue weighted by molar-refractivity contribution is 0.352. The zero-order valence-electron chi connectivity index (χ0n) is 17.9. The van der Waals surface area contributed by atoms with Crippen LogP contribution >= 0.6 is 0 Å². The van der Waals surface area contributed by atoms with Gasteiger partial charge >= 0.3 is 0 Å². The molecule has 0 N–H and O–H groups in total. The summed E-state index contributed by atoms with van der Waals surface area (Å²) in [6, 6.07) is 1.27. The van der Waals surface area contributed by atoms with Gasteiger partial charge in [-0.05, 0) is 92.1 Å². The third kappa shape index (κ3) is 11.5. The molecule has 0 aliphatic heterocycles. The van der Waals surface area contributed by atoms with Gasteiger partial charge in [0, 0.05) is 5.56 Å². The zero-order valence-corrected chi connectivity index (χ0v) is 17.9.